The summed E-state index contributed by atoms with van der Waals surface area (Å²) >= 11 is 6.11. The van der Waals surface area contributed by atoms with E-state index in [2.05, 4.69) is 0 Å². The lowest BCUT2D eigenvalue weighted by molar-refractivity contribution is -0.132. The molecule has 2 heterocycles. The van der Waals surface area contributed by atoms with Crippen LogP contribution < -0.4 is 9.64 Å². The van der Waals surface area contributed by atoms with Crippen molar-refractivity contribution >= 4 is 34.7 Å². The number of aliphatic hydroxyl groups is 1. The molecule has 1 aliphatic rings. The molecule has 0 saturated carbocycles. The second-order valence-electron chi connectivity index (χ2n) is 7.05. The number of benzene rings is 2. The van der Waals surface area contributed by atoms with Gasteiger partial charge in [-0.1, -0.05) is 30.7 Å². The van der Waals surface area contributed by atoms with E-state index in [-0.39, 0.29) is 16.9 Å². The van der Waals surface area contributed by atoms with Crippen molar-refractivity contribution in [1.82, 2.24) is 0 Å². The fourth-order valence-electron chi connectivity index (χ4n) is 3.72. The molecule has 0 radical (unpaired) electrons. The molecule has 4 rings (SSSR count). The lowest BCUT2D eigenvalue weighted by Crippen LogP contribution is -2.29. The summed E-state index contributed by atoms with van der Waals surface area (Å²) in [5.41, 5.74) is 1.74. The summed E-state index contributed by atoms with van der Waals surface area (Å²) in [7, 11) is 1.44. The van der Waals surface area contributed by atoms with Gasteiger partial charge >= 0.3 is 0 Å². The Bertz CT molecular complexity index is 1170. The molecule has 2 aromatic carbocycles. The first kappa shape index (κ1) is 20.8. The third-order valence-electron chi connectivity index (χ3n) is 5.30. The average Bonchev–Trinajstić information content (AvgIpc) is 3.40. The molecule has 3 aromatic rings. The van der Waals surface area contributed by atoms with Crippen LogP contribution in [0.4, 0.5) is 5.69 Å². The van der Waals surface area contributed by atoms with Crippen LogP contribution in [0.15, 0.2) is 70.9 Å². The maximum Gasteiger partial charge on any atom is 0.300 e. The van der Waals surface area contributed by atoms with Crippen molar-refractivity contribution in [1.29, 1.82) is 0 Å². The summed E-state index contributed by atoms with van der Waals surface area (Å²) in [6.45, 7) is 2.03. The van der Waals surface area contributed by atoms with Crippen LogP contribution >= 0.6 is 11.6 Å². The van der Waals surface area contributed by atoms with E-state index in [9.17, 15) is 14.7 Å². The highest BCUT2D eigenvalue weighted by Crippen LogP contribution is 2.43. The molecular formula is C24H20ClNO5. The number of rotatable bonds is 5. The maximum absolute atomic E-state index is 13.1. The van der Waals surface area contributed by atoms with Gasteiger partial charge in [0.25, 0.3) is 11.7 Å². The van der Waals surface area contributed by atoms with Crippen molar-refractivity contribution in [3.63, 3.8) is 0 Å². The second-order valence-corrected chi connectivity index (χ2v) is 7.49. The van der Waals surface area contributed by atoms with Gasteiger partial charge in [0, 0.05) is 10.7 Å². The van der Waals surface area contributed by atoms with Gasteiger partial charge in [-0.25, -0.2) is 0 Å². The van der Waals surface area contributed by atoms with Gasteiger partial charge in [-0.05, 0) is 54.4 Å². The second kappa shape index (κ2) is 8.32. The Hall–Kier alpha value is -3.51. The van der Waals surface area contributed by atoms with Crippen LogP contribution in [-0.2, 0) is 16.0 Å². The number of aryl methyl sites for hydroxylation is 1. The maximum atomic E-state index is 13.1. The molecule has 7 heteroatoms. The van der Waals surface area contributed by atoms with Gasteiger partial charge in [-0.2, -0.15) is 0 Å². The number of nitrogens with zero attached hydrogens (tertiary/aromatic N) is 1. The fraction of sp³-hybridized carbons (Fsp3) is 0.167. The van der Waals surface area contributed by atoms with Gasteiger partial charge in [-0.3, -0.25) is 14.5 Å². The predicted molar refractivity (Wildman–Crippen MR) is 117 cm³/mol. The van der Waals surface area contributed by atoms with Gasteiger partial charge in [-0.15, -0.1) is 0 Å². The SMILES string of the molecule is CCc1ccc(N2C(=O)C(=O)/C(=C(\O)c3cc(Cl)ccc3OC)C2c2ccco2)cc1. The smallest absolute Gasteiger partial charge is 0.300 e. The van der Waals surface area contributed by atoms with Gasteiger partial charge in [0.1, 0.15) is 23.3 Å². The van der Waals surface area contributed by atoms with Crippen molar-refractivity contribution in [2.24, 2.45) is 0 Å². The minimum Gasteiger partial charge on any atom is -0.507 e. The quantitative estimate of drug-likeness (QED) is 0.340. The summed E-state index contributed by atoms with van der Waals surface area (Å²) in [5, 5.41) is 11.5. The number of furan rings is 1. The first-order valence-corrected chi connectivity index (χ1v) is 10.1. The summed E-state index contributed by atoms with van der Waals surface area (Å²) in [4.78, 5) is 27.5. The highest BCUT2D eigenvalue weighted by Gasteiger charge is 2.48. The van der Waals surface area contributed by atoms with Crippen molar-refractivity contribution in [2.75, 3.05) is 12.0 Å². The topological polar surface area (TPSA) is 80.0 Å². The number of carbonyl (C=O) groups is 2. The molecule has 0 spiro atoms. The number of Topliss-reactive ketones (excluding diaryl/α,β-unsaturated/α-hetero) is 1. The van der Waals surface area contributed by atoms with E-state index in [0.717, 1.165) is 12.0 Å². The zero-order chi connectivity index (χ0) is 22.1. The average molecular weight is 438 g/mol. The van der Waals surface area contributed by atoms with Gasteiger partial charge in [0.05, 0.1) is 24.5 Å². The number of ketones is 1. The summed E-state index contributed by atoms with van der Waals surface area (Å²) in [5.74, 6) is -1.29. The van der Waals surface area contributed by atoms with E-state index < -0.39 is 17.7 Å². The van der Waals surface area contributed by atoms with E-state index in [1.807, 2.05) is 19.1 Å². The van der Waals surface area contributed by atoms with Gasteiger partial charge in [0.2, 0.25) is 0 Å². The van der Waals surface area contributed by atoms with Crippen LogP contribution in [0.1, 0.15) is 29.9 Å². The van der Waals surface area contributed by atoms with Gasteiger partial charge < -0.3 is 14.3 Å². The van der Waals surface area contributed by atoms with Crippen molar-refractivity contribution < 1.29 is 23.8 Å². The highest BCUT2D eigenvalue weighted by molar-refractivity contribution is 6.51. The number of ether oxygens (including phenoxy) is 1. The number of amides is 1. The van der Waals surface area contributed by atoms with E-state index in [1.54, 1.807) is 36.4 Å². The normalized spacial score (nSPS) is 17.9. The van der Waals surface area contributed by atoms with E-state index in [0.29, 0.717) is 22.2 Å². The lowest BCUT2D eigenvalue weighted by Gasteiger charge is -2.23. The molecule has 1 N–H and O–H groups in total. The van der Waals surface area contributed by atoms with Gasteiger partial charge in [0.15, 0.2) is 0 Å². The summed E-state index contributed by atoms with van der Waals surface area (Å²) < 4.78 is 10.9. The zero-order valence-corrected chi connectivity index (χ0v) is 17.7. The molecule has 1 fully saturated rings. The van der Waals surface area contributed by atoms with Crippen molar-refractivity contribution in [3.8, 4) is 5.75 Å². The number of aliphatic hydroxyl groups excluding tert-OH is 1. The number of halogens is 1. The van der Waals surface area contributed by atoms with Crippen LogP contribution in [0.25, 0.3) is 5.76 Å². The monoisotopic (exact) mass is 437 g/mol. The Morgan fingerprint density at radius 2 is 1.90 bits per heavy atom. The Kier molecular flexibility index (Phi) is 5.57. The minimum absolute atomic E-state index is 0.0971. The van der Waals surface area contributed by atoms with Crippen LogP contribution in [-0.4, -0.2) is 23.9 Å². The third-order valence-corrected chi connectivity index (χ3v) is 5.53. The van der Waals surface area contributed by atoms with Crippen LogP contribution in [0.5, 0.6) is 5.75 Å². The van der Waals surface area contributed by atoms with Crippen molar-refractivity contribution in [3.05, 3.63) is 88.3 Å². The molecule has 1 unspecified atom stereocenters. The molecule has 1 atom stereocenters. The minimum atomic E-state index is -0.939. The zero-order valence-electron chi connectivity index (χ0n) is 17.0. The van der Waals surface area contributed by atoms with E-state index >= 15 is 0 Å². The molecule has 1 aromatic heterocycles. The Labute approximate surface area is 184 Å². The molecule has 1 saturated heterocycles. The largest absolute Gasteiger partial charge is 0.507 e. The van der Waals surface area contributed by atoms with Crippen molar-refractivity contribution in [2.45, 2.75) is 19.4 Å². The molecular weight excluding hydrogens is 418 g/mol. The van der Waals surface area contributed by atoms with E-state index in [4.69, 9.17) is 20.8 Å². The first-order valence-electron chi connectivity index (χ1n) is 9.73. The molecule has 31 heavy (non-hydrogen) atoms. The third kappa shape index (κ3) is 3.59. The molecule has 0 aliphatic carbocycles. The molecule has 0 bridgehead atoms. The first-order chi connectivity index (χ1) is 15.0. The Balaban J connectivity index is 1.93. The number of methoxy groups -OCH3 is 1. The predicted octanol–water partition coefficient (Wildman–Crippen LogP) is 5.13. The number of hydrogen-bond donors (Lipinski definition) is 1. The Morgan fingerprint density at radius 3 is 2.52 bits per heavy atom. The standard InChI is InChI=1S/C24H20ClNO5/c1-3-14-6-9-16(10-7-14)26-21(19-5-4-12-31-19)20(23(28)24(26)29)22(27)17-13-15(25)8-11-18(17)30-2/h4-13,21,27H,3H2,1-2H3/b22-20-. The molecule has 1 aliphatic heterocycles. The molecule has 6 nitrogen and oxygen atoms in total. The molecule has 1 amide bonds. The Morgan fingerprint density at radius 1 is 1.16 bits per heavy atom. The van der Waals surface area contributed by atoms with Crippen LogP contribution in [0.3, 0.4) is 0 Å². The number of carbonyl (C=O) groups excluding carboxylic acids is 2. The highest BCUT2D eigenvalue weighted by atomic mass is 35.5. The number of anilines is 1. The van der Waals surface area contributed by atoms with E-state index in [1.165, 1.54) is 24.3 Å². The summed E-state index contributed by atoms with van der Waals surface area (Å²) in [6, 6.07) is 14.4. The summed E-state index contributed by atoms with van der Waals surface area (Å²) in [6.07, 6.45) is 2.30. The number of hydrogen-bond acceptors (Lipinski definition) is 5. The van der Waals surface area contributed by atoms with Crippen LogP contribution in [0, 0.1) is 0 Å². The molecule has 158 valence electrons. The van der Waals surface area contributed by atoms with Crippen LogP contribution in [0.2, 0.25) is 5.02 Å². The lowest BCUT2D eigenvalue weighted by atomic mass is 9.98. The fourth-order valence-corrected chi connectivity index (χ4v) is 3.89.